The molecular weight excluding hydrogens is 386 g/mol. The Morgan fingerprint density at radius 2 is 2.04 bits per heavy atom. The van der Waals surface area contributed by atoms with Gasteiger partial charge in [0, 0.05) is 22.0 Å². The van der Waals surface area contributed by atoms with Crippen LogP contribution in [0.15, 0.2) is 68.5 Å². The first-order chi connectivity index (χ1) is 11.7. The van der Waals surface area contributed by atoms with Gasteiger partial charge in [0.1, 0.15) is 5.75 Å². The SMILES string of the molecule is CCN=c1scc(-c2ccccc2Br)n1N=Cc1cccc(O)c1. The van der Waals surface area contributed by atoms with Gasteiger partial charge in [0.15, 0.2) is 0 Å². The highest BCUT2D eigenvalue weighted by Crippen LogP contribution is 2.28. The van der Waals surface area contributed by atoms with Crippen LogP contribution in [0.2, 0.25) is 0 Å². The van der Waals surface area contributed by atoms with Crippen LogP contribution in [0.3, 0.4) is 0 Å². The number of aromatic hydroxyl groups is 1. The second-order valence-corrected chi connectivity index (χ2v) is 6.70. The molecule has 0 saturated carbocycles. The monoisotopic (exact) mass is 401 g/mol. The fourth-order valence-corrected chi connectivity index (χ4v) is 3.62. The van der Waals surface area contributed by atoms with Gasteiger partial charge < -0.3 is 5.11 Å². The number of halogens is 1. The van der Waals surface area contributed by atoms with E-state index in [9.17, 15) is 5.11 Å². The molecule has 0 aliphatic rings. The molecule has 0 amide bonds. The van der Waals surface area contributed by atoms with E-state index in [-0.39, 0.29) is 5.75 Å². The number of nitrogens with zero attached hydrogens (tertiary/aromatic N) is 3. The average molecular weight is 402 g/mol. The molecule has 3 aromatic rings. The van der Waals surface area contributed by atoms with E-state index in [4.69, 9.17) is 0 Å². The zero-order chi connectivity index (χ0) is 16.9. The van der Waals surface area contributed by atoms with Crippen LogP contribution in [-0.2, 0) is 0 Å². The maximum absolute atomic E-state index is 9.59. The molecule has 0 radical (unpaired) electrons. The fourth-order valence-electron chi connectivity index (χ4n) is 2.24. The number of hydrogen-bond donors (Lipinski definition) is 1. The highest BCUT2D eigenvalue weighted by molar-refractivity contribution is 9.10. The van der Waals surface area contributed by atoms with E-state index in [1.165, 1.54) is 0 Å². The van der Waals surface area contributed by atoms with Crippen LogP contribution in [0.4, 0.5) is 0 Å². The molecule has 6 heteroatoms. The van der Waals surface area contributed by atoms with E-state index in [1.54, 1.807) is 35.8 Å². The van der Waals surface area contributed by atoms with Gasteiger partial charge >= 0.3 is 0 Å². The standard InChI is InChI=1S/C18H16BrN3OS/c1-2-20-18-22(21-11-13-6-5-7-14(23)10-13)17(12-24-18)15-8-3-4-9-16(15)19/h3-12,23H,2H2,1H3. The molecule has 0 atom stereocenters. The van der Waals surface area contributed by atoms with Crippen molar-refractivity contribution in [3.05, 3.63) is 68.7 Å². The van der Waals surface area contributed by atoms with Gasteiger partial charge in [0.25, 0.3) is 0 Å². The van der Waals surface area contributed by atoms with Crippen molar-refractivity contribution in [2.24, 2.45) is 10.1 Å². The van der Waals surface area contributed by atoms with E-state index >= 15 is 0 Å². The summed E-state index contributed by atoms with van der Waals surface area (Å²) in [6.07, 6.45) is 1.72. The van der Waals surface area contributed by atoms with Crippen LogP contribution in [0.5, 0.6) is 5.75 Å². The number of rotatable bonds is 4. The molecule has 0 unspecified atom stereocenters. The largest absolute Gasteiger partial charge is 0.508 e. The van der Waals surface area contributed by atoms with Crippen LogP contribution in [-0.4, -0.2) is 22.5 Å². The maximum Gasteiger partial charge on any atom is 0.206 e. The van der Waals surface area contributed by atoms with E-state index < -0.39 is 0 Å². The van der Waals surface area contributed by atoms with Crippen molar-refractivity contribution in [1.82, 2.24) is 4.68 Å². The van der Waals surface area contributed by atoms with Crippen molar-refractivity contribution in [3.8, 4) is 17.0 Å². The Bertz CT molecular complexity index is 943. The third kappa shape index (κ3) is 3.66. The second kappa shape index (κ2) is 7.59. The minimum atomic E-state index is 0.221. The van der Waals surface area contributed by atoms with Crippen LogP contribution in [0.25, 0.3) is 11.3 Å². The van der Waals surface area contributed by atoms with Crippen molar-refractivity contribution in [2.45, 2.75) is 6.92 Å². The number of phenolic OH excluding ortho intramolecular Hbond substituents is 1. The zero-order valence-electron chi connectivity index (χ0n) is 13.1. The quantitative estimate of drug-likeness (QED) is 0.643. The molecule has 1 N–H and O–H groups in total. The molecule has 0 aliphatic heterocycles. The van der Waals surface area contributed by atoms with E-state index in [0.29, 0.717) is 6.54 Å². The first kappa shape index (κ1) is 16.7. The number of phenols is 1. The number of aromatic nitrogens is 1. The fraction of sp³-hybridized carbons (Fsp3) is 0.111. The third-order valence-corrected chi connectivity index (χ3v) is 4.87. The lowest BCUT2D eigenvalue weighted by atomic mass is 10.2. The van der Waals surface area contributed by atoms with Crippen molar-refractivity contribution in [2.75, 3.05) is 6.54 Å². The lowest BCUT2D eigenvalue weighted by molar-refractivity contribution is 0.475. The van der Waals surface area contributed by atoms with Gasteiger partial charge in [-0.3, -0.25) is 4.99 Å². The first-order valence-electron chi connectivity index (χ1n) is 7.48. The molecule has 3 rings (SSSR count). The summed E-state index contributed by atoms with van der Waals surface area (Å²) in [6.45, 7) is 2.69. The highest BCUT2D eigenvalue weighted by Gasteiger charge is 2.10. The molecule has 122 valence electrons. The minimum absolute atomic E-state index is 0.221. The lowest BCUT2D eigenvalue weighted by Crippen LogP contribution is -2.12. The first-order valence-corrected chi connectivity index (χ1v) is 9.15. The smallest absolute Gasteiger partial charge is 0.206 e. The Hall–Kier alpha value is -2.18. The minimum Gasteiger partial charge on any atom is -0.508 e. The van der Waals surface area contributed by atoms with Crippen molar-refractivity contribution in [3.63, 3.8) is 0 Å². The molecule has 0 fully saturated rings. The summed E-state index contributed by atoms with van der Waals surface area (Å²) in [5, 5.41) is 16.2. The van der Waals surface area contributed by atoms with Crippen LogP contribution >= 0.6 is 27.3 Å². The van der Waals surface area contributed by atoms with Crippen molar-refractivity contribution >= 4 is 33.5 Å². The molecular formula is C18H16BrN3OS. The summed E-state index contributed by atoms with van der Waals surface area (Å²) in [5.41, 5.74) is 2.85. The number of thiazole rings is 1. The summed E-state index contributed by atoms with van der Waals surface area (Å²) in [6, 6.07) is 15.0. The second-order valence-electron chi connectivity index (χ2n) is 5.01. The predicted octanol–water partition coefficient (Wildman–Crippen LogP) is 4.49. The summed E-state index contributed by atoms with van der Waals surface area (Å²) in [7, 11) is 0. The predicted molar refractivity (Wildman–Crippen MR) is 103 cm³/mol. The topological polar surface area (TPSA) is 49.9 Å². The molecule has 4 nitrogen and oxygen atoms in total. The summed E-state index contributed by atoms with van der Waals surface area (Å²) >= 11 is 5.15. The van der Waals surface area contributed by atoms with Crippen LogP contribution in [0, 0.1) is 0 Å². The molecule has 0 aliphatic carbocycles. The zero-order valence-corrected chi connectivity index (χ0v) is 15.5. The van der Waals surface area contributed by atoms with Gasteiger partial charge in [0.05, 0.1) is 11.9 Å². The number of hydrogen-bond acceptors (Lipinski definition) is 4. The molecule has 1 heterocycles. The van der Waals surface area contributed by atoms with Crippen LogP contribution in [0.1, 0.15) is 12.5 Å². The molecule has 0 bridgehead atoms. The van der Waals surface area contributed by atoms with Gasteiger partial charge in [-0.25, -0.2) is 4.68 Å². The summed E-state index contributed by atoms with van der Waals surface area (Å²) < 4.78 is 2.84. The Balaban J connectivity index is 2.10. The molecule has 24 heavy (non-hydrogen) atoms. The Labute approximate surface area is 152 Å². The molecule has 1 aromatic heterocycles. The van der Waals surface area contributed by atoms with Gasteiger partial charge in [0.2, 0.25) is 4.80 Å². The lowest BCUT2D eigenvalue weighted by Gasteiger charge is -2.05. The normalized spacial score (nSPS) is 12.2. The average Bonchev–Trinajstić information content (AvgIpc) is 2.96. The van der Waals surface area contributed by atoms with Gasteiger partial charge in [-0.1, -0.05) is 46.3 Å². The van der Waals surface area contributed by atoms with E-state index in [2.05, 4.69) is 26.0 Å². The van der Waals surface area contributed by atoms with Crippen LogP contribution < -0.4 is 4.80 Å². The van der Waals surface area contributed by atoms with Crippen molar-refractivity contribution in [1.29, 1.82) is 0 Å². The molecule has 2 aromatic carbocycles. The number of benzene rings is 2. The highest BCUT2D eigenvalue weighted by atomic mass is 79.9. The summed E-state index contributed by atoms with van der Waals surface area (Å²) in [5.74, 6) is 0.221. The van der Waals surface area contributed by atoms with Gasteiger partial charge in [-0.15, -0.1) is 11.3 Å². The van der Waals surface area contributed by atoms with Crippen molar-refractivity contribution < 1.29 is 5.11 Å². The van der Waals surface area contributed by atoms with Gasteiger partial charge in [-0.2, -0.15) is 5.10 Å². The van der Waals surface area contributed by atoms with E-state index in [1.807, 2.05) is 47.3 Å². The molecule has 0 spiro atoms. The van der Waals surface area contributed by atoms with E-state index in [0.717, 1.165) is 26.1 Å². The maximum atomic E-state index is 9.59. The third-order valence-electron chi connectivity index (χ3n) is 3.32. The molecule has 0 saturated heterocycles. The Morgan fingerprint density at radius 3 is 2.79 bits per heavy atom. The van der Waals surface area contributed by atoms with Gasteiger partial charge in [-0.05, 0) is 30.7 Å². The summed E-state index contributed by atoms with van der Waals surface area (Å²) in [4.78, 5) is 5.35. The Kier molecular flexibility index (Phi) is 5.27. The Morgan fingerprint density at radius 1 is 1.21 bits per heavy atom.